The molecule has 0 rings (SSSR count). The van der Waals surface area contributed by atoms with Crippen molar-refractivity contribution in [1.29, 1.82) is 0 Å². The van der Waals surface area contributed by atoms with Crippen LogP contribution in [-0.4, -0.2) is 46.9 Å². The van der Waals surface area contributed by atoms with Crippen LogP contribution in [0.1, 0.15) is 284 Å². The molecule has 6 nitrogen and oxygen atoms in total. The molecule has 0 aromatic heterocycles. The number of aliphatic hydroxyl groups excluding tert-OH is 2. The van der Waals surface area contributed by atoms with Crippen molar-refractivity contribution in [1.82, 2.24) is 5.32 Å². The first-order valence-electron chi connectivity index (χ1n) is 28.5. The van der Waals surface area contributed by atoms with E-state index < -0.39 is 18.2 Å². The van der Waals surface area contributed by atoms with Gasteiger partial charge in [0.05, 0.1) is 25.2 Å². The van der Waals surface area contributed by atoms with Gasteiger partial charge in [0.2, 0.25) is 5.91 Å². The van der Waals surface area contributed by atoms with E-state index in [1.165, 1.54) is 167 Å². The molecule has 0 saturated carbocycles. The van der Waals surface area contributed by atoms with Gasteiger partial charge in [-0.05, 0) is 89.9 Å². The minimum atomic E-state index is -0.804. The van der Waals surface area contributed by atoms with Crippen molar-refractivity contribution in [3.63, 3.8) is 0 Å². The number of rotatable bonds is 51. The highest BCUT2D eigenvalue weighted by molar-refractivity contribution is 5.77. The summed E-state index contributed by atoms with van der Waals surface area (Å²) in [5.41, 5.74) is 0. The average Bonchev–Trinajstić information content (AvgIpc) is 3.31. The van der Waals surface area contributed by atoms with Crippen LogP contribution < -0.4 is 5.32 Å². The monoisotopic (exact) mass is 924 g/mol. The molecule has 0 radical (unpaired) electrons. The fraction of sp³-hybridized carbons (Fsp3) is 0.800. The molecule has 0 saturated heterocycles. The van der Waals surface area contributed by atoms with Gasteiger partial charge in [-0.3, -0.25) is 9.59 Å². The van der Waals surface area contributed by atoms with Crippen LogP contribution >= 0.6 is 0 Å². The van der Waals surface area contributed by atoms with Crippen molar-refractivity contribution in [2.75, 3.05) is 6.61 Å². The number of esters is 1. The highest BCUT2D eigenvalue weighted by atomic mass is 16.5. The molecule has 0 spiro atoms. The fourth-order valence-electron chi connectivity index (χ4n) is 8.47. The third kappa shape index (κ3) is 48.0. The van der Waals surface area contributed by atoms with E-state index in [9.17, 15) is 19.8 Å². The number of ether oxygens (including phenoxy) is 1. The minimum absolute atomic E-state index is 0.0382. The Kier molecular flexibility index (Phi) is 51.5. The van der Waals surface area contributed by atoms with Gasteiger partial charge in [0.1, 0.15) is 6.10 Å². The lowest BCUT2D eigenvalue weighted by Gasteiger charge is -2.24. The van der Waals surface area contributed by atoms with Crippen LogP contribution in [0.2, 0.25) is 0 Å². The predicted molar refractivity (Wildman–Crippen MR) is 287 cm³/mol. The van der Waals surface area contributed by atoms with Gasteiger partial charge >= 0.3 is 5.97 Å². The Labute approximate surface area is 409 Å². The summed E-state index contributed by atoms with van der Waals surface area (Å²) in [6.07, 6.45) is 67.1. The lowest BCUT2D eigenvalue weighted by Crippen LogP contribution is -2.46. The Morgan fingerprint density at radius 1 is 0.439 bits per heavy atom. The summed E-state index contributed by atoms with van der Waals surface area (Å²) < 4.78 is 5.93. The van der Waals surface area contributed by atoms with E-state index >= 15 is 0 Å². The van der Waals surface area contributed by atoms with Crippen LogP contribution in [0.5, 0.6) is 0 Å². The second-order valence-electron chi connectivity index (χ2n) is 19.3. The van der Waals surface area contributed by atoms with Crippen molar-refractivity contribution < 1.29 is 24.5 Å². The van der Waals surface area contributed by atoms with E-state index in [2.05, 4.69) is 86.8 Å². The van der Waals surface area contributed by atoms with Crippen molar-refractivity contribution in [2.45, 2.75) is 302 Å². The standard InChI is InChI=1S/C60H109NO5/c1-4-7-10-13-16-19-22-25-27-29-31-34-36-39-42-45-48-51-56(66-60(65)53-50-47-44-41-38-35-32-30-28-26-23-20-17-14-11-8-5-2)54-59(64)61-57(55-62)58(63)52-49-46-43-40-37-33-24-21-18-15-12-9-6-3/h16,19,25-28,31,34,39,42,56-58,62-63H,4-15,17-18,20-24,29-30,32-33,35-38,40-41,43-55H2,1-3H3,(H,61,64)/b19-16-,27-25-,28-26+,34-31-,42-39-. The third-order valence-corrected chi connectivity index (χ3v) is 12.8. The van der Waals surface area contributed by atoms with Gasteiger partial charge in [-0.2, -0.15) is 0 Å². The predicted octanol–water partition coefficient (Wildman–Crippen LogP) is 17.6. The number of carbonyl (C=O) groups excluding carboxylic acids is 2. The van der Waals surface area contributed by atoms with E-state index in [0.717, 1.165) is 70.6 Å². The molecule has 1 amide bonds. The van der Waals surface area contributed by atoms with Gasteiger partial charge in [-0.1, -0.05) is 242 Å². The second kappa shape index (κ2) is 53.5. The zero-order valence-electron chi connectivity index (χ0n) is 43.8. The van der Waals surface area contributed by atoms with Crippen molar-refractivity contribution in [3.05, 3.63) is 60.8 Å². The van der Waals surface area contributed by atoms with E-state index in [1.54, 1.807) is 0 Å². The average molecular weight is 925 g/mol. The molecule has 3 N–H and O–H groups in total. The molecular weight excluding hydrogens is 815 g/mol. The van der Waals surface area contributed by atoms with E-state index in [1.807, 2.05) is 0 Å². The first kappa shape index (κ1) is 63.6. The van der Waals surface area contributed by atoms with E-state index in [0.29, 0.717) is 19.3 Å². The number of carbonyl (C=O) groups is 2. The topological polar surface area (TPSA) is 95.9 Å². The number of aliphatic hydroxyl groups is 2. The highest BCUT2D eigenvalue weighted by Crippen LogP contribution is 2.17. The molecule has 66 heavy (non-hydrogen) atoms. The lowest BCUT2D eigenvalue weighted by atomic mass is 10.0. The second-order valence-corrected chi connectivity index (χ2v) is 19.3. The van der Waals surface area contributed by atoms with Crippen LogP contribution in [0.3, 0.4) is 0 Å². The molecule has 384 valence electrons. The number of unbranched alkanes of at least 4 members (excludes halogenated alkanes) is 29. The number of allylic oxidation sites excluding steroid dienone is 10. The number of nitrogens with one attached hydrogen (secondary N) is 1. The first-order chi connectivity index (χ1) is 32.5. The van der Waals surface area contributed by atoms with Gasteiger partial charge in [0, 0.05) is 6.42 Å². The molecule has 0 fully saturated rings. The van der Waals surface area contributed by atoms with Gasteiger partial charge < -0.3 is 20.3 Å². The van der Waals surface area contributed by atoms with Crippen LogP contribution in [0.25, 0.3) is 0 Å². The summed E-state index contributed by atoms with van der Waals surface area (Å²) in [6, 6.07) is -0.721. The minimum Gasteiger partial charge on any atom is -0.462 e. The molecule has 6 heteroatoms. The SMILES string of the molecule is CCCCC/C=C\C/C=C\C/C=C\C/C=C\CCCC(CC(=O)NC(CO)C(O)CCCCCCCCCCCCCCC)OC(=O)CCCCCCCCC/C=C/CCCCCCCC. The Bertz CT molecular complexity index is 1170. The Hall–Kier alpha value is -2.44. The van der Waals surface area contributed by atoms with Crippen LogP contribution in [0.4, 0.5) is 0 Å². The smallest absolute Gasteiger partial charge is 0.306 e. The Morgan fingerprint density at radius 3 is 1.24 bits per heavy atom. The van der Waals surface area contributed by atoms with Crippen LogP contribution in [-0.2, 0) is 14.3 Å². The molecule has 0 bridgehead atoms. The Balaban J connectivity index is 4.67. The summed E-state index contributed by atoms with van der Waals surface area (Å²) in [4.78, 5) is 26.2. The molecule has 3 unspecified atom stereocenters. The molecule has 0 heterocycles. The zero-order valence-corrected chi connectivity index (χ0v) is 43.8. The maximum absolute atomic E-state index is 13.2. The fourth-order valence-corrected chi connectivity index (χ4v) is 8.47. The van der Waals surface area contributed by atoms with Gasteiger partial charge in [-0.25, -0.2) is 0 Å². The summed E-state index contributed by atoms with van der Waals surface area (Å²) in [7, 11) is 0. The first-order valence-corrected chi connectivity index (χ1v) is 28.5. The molecule has 0 aliphatic heterocycles. The van der Waals surface area contributed by atoms with Crippen molar-refractivity contribution in [2.24, 2.45) is 0 Å². The molecule has 0 aromatic rings. The maximum atomic E-state index is 13.2. The zero-order chi connectivity index (χ0) is 48.1. The summed E-state index contributed by atoms with van der Waals surface area (Å²) >= 11 is 0. The van der Waals surface area contributed by atoms with Gasteiger partial charge in [0.25, 0.3) is 0 Å². The van der Waals surface area contributed by atoms with Crippen molar-refractivity contribution >= 4 is 11.9 Å². The van der Waals surface area contributed by atoms with Gasteiger partial charge in [-0.15, -0.1) is 0 Å². The largest absolute Gasteiger partial charge is 0.462 e. The summed E-state index contributed by atoms with van der Waals surface area (Å²) in [6.45, 7) is 6.45. The van der Waals surface area contributed by atoms with Gasteiger partial charge in [0.15, 0.2) is 0 Å². The molecule has 3 atom stereocenters. The maximum Gasteiger partial charge on any atom is 0.306 e. The van der Waals surface area contributed by atoms with Crippen molar-refractivity contribution in [3.8, 4) is 0 Å². The Morgan fingerprint density at radius 2 is 0.788 bits per heavy atom. The molecule has 0 aromatic carbocycles. The van der Waals surface area contributed by atoms with E-state index in [-0.39, 0.29) is 24.9 Å². The quantitative estimate of drug-likeness (QED) is 0.0321. The van der Waals surface area contributed by atoms with Crippen LogP contribution in [0.15, 0.2) is 60.8 Å². The normalized spacial score (nSPS) is 13.6. The molecule has 0 aliphatic carbocycles. The summed E-state index contributed by atoms with van der Waals surface area (Å²) in [5, 5.41) is 23.8. The third-order valence-electron chi connectivity index (χ3n) is 12.8. The number of hydrogen-bond acceptors (Lipinski definition) is 5. The van der Waals surface area contributed by atoms with E-state index in [4.69, 9.17) is 4.74 Å². The number of amides is 1. The molecule has 0 aliphatic rings. The number of hydrogen-bond donors (Lipinski definition) is 3. The molecular formula is C60H109NO5. The lowest BCUT2D eigenvalue weighted by molar-refractivity contribution is -0.151. The van der Waals surface area contributed by atoms with Crippen LogP contribution in [0, 0.1) is 0 Å². The highest BCUT2D eigenvalue weighted by Gasteiger charge is 2.24. The summed E-state index contributed by atoms with van der Waals surface area (Å²) in [5.74, 6) is -0.526.